The summed E-state index contributed by atoms with van der Waals surface area (Å²) in [6, 6.07) is 11.5. The second-order valence-corrected chi connectivity index (χ2v) is 8.89. The van der Waals surface area contributed by atoms with E-state index in [4.69, 9.17) is 4.74 Å². The highest BCUT2D eigenvalue weighted by atomic mass is 32.2. The third kappa shape index (κ3) is 4.91. The number of rotatable bonds is 7. The highest BCUT2D eigenvalue weighted by molar-refractivity contribution is 7.92. The Hall–Kier alpha value is -2.21. The van der Waals surface area contributed by atoms with Crippen LogP contribution in [0.2, 0.25) is 0 Å². The first-order chi connectivity index (χ1) is 12.1. The third-order valence-electron chi connectivity index (χ3n) is 4.00. The molecule has 0 unspecified atom stereocenters. The van der Waals surface area contributed by atoms with Crippen LogP contribution in [0.15, 0.2) is 47.4 Å². The maximum atomic E-state index is 13.0. The number of anilines is 1. The fraction of sp³-hybridized carbons (Fsp3) is 0.400. The van der Waals surface area contributed by atoms with E-state index in [1.807, 2.05) is 33.8 Å². The van der Waals surface area contributed by atoms with Crippen LogP contribution in [0.1, 0.15) is 46.1 Å². The molecule has 0 aliphatic carbocycles. The van der Waals surface area contributed by atoms with E-state index in [-0.39, 0.29) is 21.7 Å². The predicted octanol–water partition coefficient (Wildman–Crippen LogP) is 4.67. The van der Waals surface area contributed by atoms with Crippen molar-refractivity contribution in [3.8, 4) is 11.5 Å². The minimum absolute atomic E-state index is 0.0734. The van der Waals surface area contributed by atoms with Gasteiger partial charge in [0, 0.05) is 0 Å². The lowest BCUT2D eigenvalue weighted by atomic mass is 9.87. The molecule has 0 fully saturated rings. The SMILES string of the molecule is CCCCOc1ccc(C(C)(C)C)cc1S(=O)(=O)Nc1ccccc1O. The van der Waals surface area contributed by atoms with Crippen molar-refractivity contribution < 1.29 is 18.3 Å². The summed E-state index contributed by atoms with van der Waals surface area (Å²) in [6.07, 6.45) is 1.80. The number of aromatic hydroxyl groups is 1. The van der Waals surface area contributed by atoms with Crippen molar-refractivity contribution in [2.75, 3.05) is 11.3 Å². The van der Waals surface area contributed by atoms with Gasteiger partial charge in [0.2, 0.25) is 0 Å². The normalized spacial score (nSPS) is 12.0. The Labute approximate surface area is 156 Å². The molecule has 26 heavy (non-hydrogen) atoms. The summed E-state index contributed by atoms with van der Waals surface area (Å²) in [5, 5.41) is 9.89. The smallest absolute Gasteiger partial charge is 0.265 e. The summed E-state index contributed by atoms with van der Waals surface area (Å²) in [4.78, 5) is 0.0734. The Kier molecular flexibility index (Phi) is 6.18. The molecule has 0 aromatic heterocycles. The molecule has 0 bridgehead atoms. The summed E-state index contributed by atoms with van der Waals surface area (Å²) >= 11 is 0. The van der Waals surface area contributed by atoms with Gasteiger partial charge in [0.25, 0.3) is 10.0 Å². The van der Waals surface area contributed by atoms with Crippen molar-refractivity contribution in [1.29, 1.82) is 0 Å². The minimum Gasteiger partial charge on any atom is -0.506 e. The second kappa shape index (κ2) is 7.99. The fourth-order valence-corrected chi connectivity index (χ4v) is 3.64. The van der Waals surface area contributed by atoms with Crippen molar-refractivity contribution in [3.05, 3.63) is 48.0 Å². The van der Waals surface area contributed by atoms with Gasteiger partial charge in [-0.15, -0.1) is 0 Å². The molecule has 5 nitrogen and oxygen atoms in total. The molecule has 0 radical (unpaired) electrons. The summed E-state index contributed by atoms with van der Waals surface area (Å²) in [5.74, 6) is 0.186. The molecule has 0 saturated heterocycles. The largest absolute Gasteiger partial charge is 0.506 e. The Balaban J connectivity index is 2.46. The van der Waals surface area contributed by atoms with Crippen LogP contribution in [-0.2, 0) is 15.4 Å². The number of phenolic OH excluding ortho intramolecular Hbond substituents is 1. The van der Waals surface area contributed by atoms with Crippen molar-refractivity contribution in [2.45, 2.75) is 50.8 Å². The molecule has 0 amide bonds. The van der Waals surface area contributed by atoms with Crippen LogP contribution in [0.4, 0.5) is 5.69 Å². The lowest BCUT2D eigenvalue weighted by Crippen LogP contribution is -2.17. The van der Waals surface area contributed by atoms with Gasteiger partial charge in [-0.3, -0.25) is 4.72 Å². The Morgan fingerprint density at radius 1 is 1.12 bits per heavy atom. The van der Waals surface area contributed by atoms with Gasteiger partial charge in [-0.05, 0) is 41.7 Å². The number of hydrogen-bond donors (Lipinski definition) is 2. The monoisotopic (exact) mass is 377 g/mol. The number of phenols is 1. The van der Waals surface area contributed by atoms with E-state index in [0.717, 1.165) is 18.4 Å². The van der Waals surface area contributed by atoms with Crippen LogP contribution in [0.25, 0.3) is 0 Å². The lowest BCUT2D eigenvalue weighted by Gasteiger charge is -2.22. The number of hydrogen-bond acceptors (Lipinski definition) is 4. The number of benzene rings is 2. The minimum atomic E-state index is -3.92. The van der Waals surface area contributed by atoms with Gasteiger partial charge in [0.1, 0.15) is 16.4 Å². The lowest BCUT2D eigenvalue weighted by molar-refractivity contribution is 0.301. The van der Waals surface area contributed by atoms with Gasteiger partial charge in [-0.25, -0.2) is 8.42 Å². The zero-order valence-corrected chi connectivity index (χ0v) is 16.6. The topological polar surface area (TPSA) is 75.6 Å². The maximum Gasteiger partial charge on any atom is 0.265 e. The molecule has 2 N–H and O–H groups in total. The molecule has 0 spiro atoms. The Bertz CT molecular complexity index is 854. The first-order valence-corrected chi connectivity index (χ1v) is 10.2. The number of ether oxygens (including phenoxy) is 1. The molecule has 0 saturated carbocycles. The number of para-hydroxylation sites is 2. The molecule has 0 atom stereocenters. The molecule has 6 heteroatoms. The molecule has 2 rings (SSSR count). The summed E-state index contributed by atoms with van der Waals surface area (Å²) in [5.41, 5.74) is 0.812. The highest BCUT2D eigenvalue weighted by Crippen LogP contribution is 2.33. The predicted molar refractivity (Wildman–Crippen MR) is 104 cm³/mol. The first kappa shape index (κ1) is 20.1. The van der Waals surface area contributed by atoms with Crippen LogP contribution < -0.4 is 9.46 Å². The molecule has 2 aromatic carbocycles. The summed E-state index contributed by atoms with van der Waals surface area (Å²) in [6.45, 7) is 8.56. The number of sulfonamides is 1. The summed E-state index contributed by atoms with van der Waals surface area (Å²) in [7, 11) is -3.92. The quantitative estimate of drug-likeness (QED) is 0.543. The van der Waals surface area contributed by atoms with Crippen molar-refractivity contribution in [1.82, 2.24) is 0 Å². The molecule has 0 aliphatic rings. The van der Waals surface area contributed by atoms with Crippen LogP contribution in [-0.4, -0.2) is 20.1 Å². The molecular weight excluding hydrogens is 350 g/mol. The van der Waals surface area contributed by atoms with Crippen LogP contribution >= 0.6 is 0 Å². The van der Waals surface area contributed by atoms with Gasteiger partial charge in [-0.2, -0.15) is 0 Å². The molecule has 2 aromatic rings. The van der Waals surface area contributed by atoms with Crippen LogP contribution in [0.3, 0.4) is 0 Å². The Morgan fingerprint density at radius 2 is 1.81 bits per heavy atom. The maximum absolute atomic E-state index is 13.0. The van der Waals surface area contributed by atoms with E-state index in [2.05, 4.69) is 4.72 Å². The van der Waals surface area contributed by atoms with Gasteiger partial charge >= 0.3 is 0 Å². The molecule has 142 valence electrons. The van der Waals surface area contributed by atoms with Crippen molar-refractivity contribution in [2.24, 2.45) is 0 Å². The number of nitrogens with one attached hydrogen (secondary N) is 1. The zero-order valence-electron chi connectivity index (χ0n) is 15.7. The average molecular weight is 378 g/mol. The van der Waals surface area contributed by atoms with Gasteiger partial charge in [-0.1, -0.05) is 52.3 Å². The third-order valence-corrected chi connectivity index (χ3v) is 5.39. The van der Waals surface area contributed by atoms with E-state index in [1.54, 1.807) is 24.3 Å². The number of unbranched alkanes of at least 4 members (excludes halogenated alkanes) is 1. The van der Waals surface area contributed by atoms with Crippen LogP contribution in [0, 0.1) is 0 Å². The highest BCUT2D eigenvalue weighted by Gasteiger charge is 2.24. The Morgan fingerprint density at radius 3 is 2.42 bits per heavy atom. The molecule has 0 aliphatic heterocycles. The van der Waals surface area contributed by atoms with Crippen molar-refractivity contribution >= 4 is 15.7 Å². The average Bonchev–Trinajstić information content (AvgIpc) is 2.56. The van der Waals surface area contributed by atoms with E-state index >= 15 is 0 Å². The standard InChI is InChI=1S/C20H27NO4S/c1-5-6-13-25-18-12-11-15(20(2,3)4)14-19(18)26(23,24)21-16-9-7-8-10-17(16)22/h7-12,14,21-22H,5-6,13H2,1-4H3. The van der Waals surface area contributed by atoms with Gasteiger partial charge in [0.15, 0.2) is 0 Å². The van der Waals surface area contributed by atoms with Gasteiger partial charge < -0.3 is 9.84 Å². The fourth-order valence-electron chi connectivity index (χ4n) is 2.39. The van der Waals surface area contributed by atoms with Crippen molar-refractivity contribution in [3.63, 3.8) is 0 Å². The van der Waals surface area contributed by atoms with E-state index < -0.39 is 10.0 Å². The zero-order chi connectivity index (χ0) is 19.4. The first-order valence-electron chi connectivity index (χ1n) is 8.73. The van der Waals surface area contributed by atoms with Gasteiger partial charge in [0.05, 0.1) is 12.3 Å². The van der Waals surface area contributed by atoms with E-state index in [0.29, 0.717) is 12.4 Å². The van der Waals surface area contributed by atoms with Crippen LogP contribution in [0.5, 0.6) is 11.5 Å². The second-order valence-electron chi connectivity index (χ2n) is 7.24. The van der Waals surface area contributed by atoms with E-state index in [9.17, 15) is 13.5 Å². The summed E-state index contributed by atoms with van der Waals surface area (Å²) < 4.78 is 34.1. The molecule has 0 heterocycles. The molecular formula is C20H27NO4S. The van der Waals surface area contributed by atoms with E-state index in [1.165, 1.54) is 12.1 Å².